The number of furan rings is 1. The normalized spacial score (nSPS) is 12.6. The number of benzene rings is 1. The Morgan fingerprint density at radius 2 is 1.93 bits per heavy atom. The van der Waals surface area contributed by atoms with E-state index in [1.165, 1.54) is 19.3 Å². The lowest BCUT2D eigenvalue weighted by Crippen LogP contribution is -2.38. The van der Waals surface area contributed by atoms with E-state index in [-0.39, 0.29) is 6.54 Å². The fraction of sp³-hybridized carbons (Fsp3) is 0.222. The van der Waals surface area contributed by atoms with Crippen LogP contribution in [-0.4, -0.2) is 32.9 Å². The lowest BCUT2D eigenvalue weighted by Gasteiger charge is -2.13. The lowest BCUT2D eigenvalue weighted by molar-refractivity contribution is -0.153. The summed E-state index contributed by atoms with van der Waals surface area (Å²) in [5.74, 6) is -0.834. The highest BCUT2D eigenvalue weighted by Gasteiger charge is 2.19. The van der Waals surface area contributed by atoms with Gasteiger partial charge in [-0.05, 0) is 30.7 Å². The van der Waals surface area contributed by atoms with Crippen molar-refractivity contribution in [2.24, 2.45) is 0 Å². The molecule has 1 aromatic heterocycles. The van der Waals surface area contributed by atoms with E-state index >= 15 is 0 Å². The van der Waals surface area contributed by atoms with Crippen molar-refractivity contribution in [1.29, 1.82) is 0 Å². The molecule has 0 aliphatic rings. The molecule has 0 unspecified atom stereocenters. The molecule has 0 radical (unpaired) electrons. The van der Waals surface area contributed by atoms with E-state index in [1.54, 1.807) is 36.4 Å². The SMILES string of the molecule is C[C@H](OC(=O)CNS(=O)(=O)/C=C/c1ccccc1)C(=O)NCc1ccco1. The Morgan fingerprint density at radius 1 is 1.19 bits per heavy atom. The summed E-state index contributed by atoms with van der Waals surface area (Å²) < 4.78 is 35.8. The molecule has 8 nitrogen and oxygen atoms in total. The number of nitrogens with one attached hydrogen (secondary N) is 2. The number of ether oxygens (including phenoxy) is 1. The monoisotopic (exact) mass is 392 g/mol. The first-order valence-electron chi connectivity index (χ1n) is 8.08. The molecule has 2 rings (SSSR count). The predicted octanol–water partition coefficient (Wildman–Crippen LogP) is 1.42. The quantitative estimate of drug-likeness (QED) is 0.624. The van der Waals surface area contributed by atoms with E-state index in [4.69, 9.17) is 9.15 Å². The van der Waals surface area contributed by atoms with Crippen LogP contribution < -0.4 is 10.0 Å². The summed E-state index contributed by atoms with van der Waals surface area (Å²) in [6.07, 6.45) is 1.80. The summed E-state index contributed by atoms with van der Waals surface area (Å²) in [5, 5.41) is 3.49. The third kappa shape index (κ3) is 7.47. The first-order chi connectivity index (χ1) is 12.9. The molecule has 0 aliphatic heterocycles. The van der Waals surface area contributed by atoms with Crippen LogP contribution in [0, 0.1) is 0 Å². The number of carbonyl (C=O) groups excluding carboxylic acids is 2. The molecular formula is C18H20N2O6S. The van der Waals surface area contributed by atoms with Crippen LogP contribution in [0.5, 0.6) is 0 Å². The van der Waals surface area contributed by atoms with E-state index in [0.717, 1.165) is 5.41 Å². The summed E-state index contributed by atoms with van der Waals surface area (Å²) >= 11 is 0. The van der Waals surface area contributed by atoms with Crippen LogP contribution in [0.15, 0.2) is 58.6 Å². The van der Waals surface area contributed by atoms with Crippen LogP contribution in [0.4, 0.5) is 0 Å². The van der Waals surface area contributed by atoms with Crippen LogP contribution >= 0.6 is 0 Å². The number of amides is 1. The second kappa shape index (κ2) is 9.70. The van der Waals surface area contributed by atoms with E-state index in [0.29, 0.717) is 11.3 Å². The Kier molecular flexibility index (Phi) is 7.33. The molecule has 0 aliphatic carbocycles. The van der Waals surface area contributed by atoms with E-state index in [2.05, 4.69) is 10.0 Å². The molecule has 27 heavy (non-hydrogen) atoms. The number of hydrogen-bond donors (Lipinski definition) is 2. The molecule has 1 heterocycles. The lowest BCUT2D eigenvalue weighted by atomic mass is 10.2. The second-order valence-electron chi connectivity index (χ2n) is 5.51. The topological polar surface area (TPSA) is 115 Å². The highest BCUT2D eigenvalue weighted by molar-refractivity contribution is 7.92. The summed E-state index contributed by atoms with van der Waals surface area (Å²) in [6, 6.07) is 12.2. The number of sulfonamides is 1. The minimum absolute atomic E-state index is 0.157. The van der Waals surface area contributed by atoms with Gasteiger partial charge in [-0.15, -0.1) is 0 Å². The molecule has 2 N–H and O–H groups in total. The minimum atomic E-state index is -3.82. The highest BCUT2D eigenvalue weighted by Crippen LogP contribution is 2.03. The van der Waals surface area contributed by atoms with Crippen molar-refractivity contribution in [3.05, 3.63) is 65.5 Å². The smallest absolute Gasteiger partial charge is 0.321 e. The van der Waals surface area contributed by atoms with Gasteiger partial charge in [0.1, 0.15) is 12.3 Å². The van der Waals surface area contributed by atoms with Crippen LogP contribution in [0.25, 0.3) is 6.08 Å². The van der Waals surface area contributed by atoms with Crippen molar-refractivity contribution in [3.63, 3.8) is 0 Å². The maximum Gasteiger partial charge on any atom is 0.321 e. The van der Waals surface area contributed by atoms with Gasteiger partial charge in [-0.3, -0.25) is 9.59 Å². The van der Waals surface area contributed by atoms with Crippen molar-refractivity contribution in [2.45, 2.75) is 19.6 Å². The van der Waals surface area contributed by atoms with E-state index in [9.17, 15) is 18.0 Å². The van der Waals surface area contributed by atoms with Gasteiger partial charge in [0.25, 0.3) is 5.91 Å². The maximum atomic E-state index is 11.9. The highest BCUT2D eigenvalue weighted by atomic mass is 32.2. The first kappa shape index (κ1) is 20.4. The molecule has 0 saturated carbocycles. The Bertz CT molecular complexity index is 876. The van der Waals surface area contributed by atoms with Crippen molar-refractivity contribution < 1.29 is 27.2 Å². The van der Waals surface area contributed by atoms with Crippen LogP contribution in [0.2, 0.25) is 0 Å². The Labute approximate surface area is 157 Å². The van der Waals surface area contributed by atoms with Crippen LogP contribution in [-0.2, 0) is 30.9 Å². The Morgan fingerprint density at radius 3 is 2.59 bits per heavy atom. The van der Waals surface area contributed by atoms with Gasteiger partial charge in [-0.2, -0.15) is 0 Å². The molecule has 2 aromatic rings. The van der Waals surface area contributed by atoms with Gasteiger partial charge in [0.15, 0.2) is 6.10 Å². The average molecular weight is 392 g/mol. The Hall–Kier alpha value is -2.91. The fourth-order valence-corrected chi connectivity index (χ4v) is 2.71. The summed E-state index contributed by atoms with van der Waals surface area (Å²) in [7, 11) is -3.82. The number of esters is 1. The van der Waals surface area contributed by atoms with E-state index in [1.807, 2.05) is 6.07 Å². The summed E-state index contributed by atoms with van der Waals surface area (Å²) in [5.41, 5.74) is 0.701. The molecule has 1 amide bonds. The van der Waals surface area contributed by atoms with Gasteiger partial charge in [-0.1, -0.05) is 30.3 Å². The number of rotatable bonds is 9. The van der Waals surface area contributed by atoms with Gasteiger partial charge in [0.2, 0.25) is 10.0 Å². The number of hydrogen-bond acceptors (Lipinski definition) is 6. The Balaban J connectivity index is 1.75. The second-order valence-corrected chi connectivity index (χ2v) is 7.16. The van der Waals surface area contributed by atoms with Gasteiger partial charge >= 0.3 is 5.97 Å². The molecule has 1 atom stereocenters. The zero-order valence-corrected chi connectivity index (χ0v) is 15.4. The van der Waals surface area contributed by atoms with Gasteiger partial charge < -0.3 is 14.5 Å². The summed E-state index contributed by atoms with van der Waals surface area (Å²) in [4.78, 5) is 23.6. The average Bonchev–Trinajstić information content (AvgIpc) is 3.17. The van der Waals surface area contributed by atoms with E-state index < -0.39 is 34.5 Å². The standard InChI is InChI=1S/C18H20N2O6S/c1-14(18(22)19-12-16-8-5-10-25-16)26-17(21)13-20-27(23,24)11-9-15-6-3-2-4-7-15/h2-11,14,20H,12-13H2,1H3,(H,19,22)/b11-9+/t14-/m0/s1. The predicted molar refractivity (Wildman–Crippen MR) is 98.5 cm³/mol. The largest absolute Gasteiger partial charge is 0.467 e. The minimum Gasteiger partial charge on any atom is -0.467 e. The first-order valence-corrected chi connectivity index (χ1v) is 9.63. The molecule has 0 bridgehead atoms. The zero-order chi connectivity index (χ0) is 19.7. The summed E-state index contributed by atoms with van der Waals surface area (Å²) in [6.45, 7) is 0.959. The number of carbonyl (C=O) groups is 2. The fourth-order valence-electron chi connectivity index (χ4n) is 1.96. The molecular weight excluding hydrogens is 372 g/mol. The van der Waals surface area contributed by atoms with Gasteiger partial charge in [0, 0.05) is 5.41 Å². The molecule has 1 aromatic carbocycles. The maximum absolute atomic E-state index is 11.9. The van der Waals surface area contributed by atoms with Crippen LogP contribution in [0.1, 0.15) is 18.2 Å². The third-order valence-corrected chi connectivity index (χ3v) is 4.39. The van der Waals surface area contributed by atoms with Gasteiger partial charge in [-0.25, -0.2) is 13.1 Å². The van der Waals surface area contributed by atoms with Crippen LogP contribution in [0.3, 0.4) is 0 Å². The molecule has 144 valence electrons. The van der Waals surface area contributed by atoms with Crippen molar-refractivity contribution in [1.82, 2.24) is 10.0 Å². The molecule has 0 saturated heterocycles. The zero-order valence-electron chi connectivity index (χ0n) is 14.6. The molecule has 0 spiro atoms. The van der Waals surface area contributed by atoms with Crippen molar-refractivity contribution in [3.8, 4) is 0 Å². The molecule has 0 fully saturated rings. The van der Waals surface area contributed by atoms with Crippen molar-refractivity contribution >= 4 is 28.0 Å². The van der Waals surface area contributed by atoms with Gasteiger partial charge in [0.05, 0.1) is 12.8 Å². The molecule has 9 heteroatoms. The third-order valence-electron chi connectivity index (χ3n) is 3.35. The van der Waals surface area contributed by atoms with Crippen molar-refractivity contribution in [2.75, 3.05) is 6.54 Å².